The van der Waals surface area contributed by atoms with Gasteiger partial charge in [0.05, 0.1) is 11.0 Å². The standard InChI is InChI=1S/C16H22FN3/c1-4-16(7-8-18-10-16)15-19-13-6-5-12(17)9-14(13)20(15)11(2)3/h5-6,9,11,18H,4,7-8,10H2,1-3H3. The summed E-state index contributed by atoms with van der Waals surface area (Å²) in [4.78, 5) is 4.86. The minimum atomic E-state index is -0.194. The summed E-state index contributed by atoms with van der Waals surface area (Å²) in [6.07, 6.45) is 2.15. The Morgan fingerprint density at radius 1 is 1.45 bits per heavy atom. The van der Waals surface area contributed by atoms with Gasteiger partial charge in [-0.3, -0.25) is 0 Å². The molecule has 3 rings (SSSR count). The van der Waals surface area contributed by atoms with Gasteiger partial charge in [-0.2, -0.15) is 0 Å². The zero-order chi connectivity index (χ0) is 14.3. The van der Waals surface area contributed by atoms with Gasteiger partial charge >= 0.3 is 0 Å². The molecule has 2 heterocycles. The quantitative estimate of drug-likeness (QED) is 0.930. The van der Waals surface area contributed by atoms with Crippen molar-refractivity contribution in [1.29, 1.82) is 0 Å². The normalized spacial score (nSPS) is 23.1. The SMILES string of the molecule is CCC1(c2nc3ccc(F)cc3n2C(C)C)CCNC1. The van der Waals surface area contributed by atoms with Crippen molar-refractivity contribution in [3.05, 3.63) is 29.8 Å². The highest BCUT2D eigenvalue weighted by Gasteiger charge is 2.38. The highest BCUT2D eigenvalue weighted by atomic mass is 19.1. The van der Waals surface area contributed by atoms with Crippen LogP contribution in [0.4, 0.5) is 4.39 Å². The van der Waals surface area contributed by atoms with Crippen molar-refractivity contribution in [1.82, 2.24) is 14.9 Å². The highest BCUT2D eigenvalue weighted by molar-refractivity contribution is 5.76. The van der Waals surface area contributed by atoms with E-state index in [-0.39, 0.29) is 17.3 Å². The fourth-order valence-electron chi connectivity index (χ4n) is 3.36. The third-order valence-electron chi connectivity index (χ3n) is 4.56. The molecule has 0 aliphatic carbocycles. The minimum absolute atomic E-state index is 0.0831. The smallest absolute Gasteiger partial charge is 0.125 e. The number of nitrogens with zero attached hydrogens (tertiary/aromatic N) is 2. The van der Waals surface area contributed by atoms with Gasteiger partial charge in [0, 0.05) is 18.0 Å². The summed E-state index contributed by atoms with van der Waals surface area (Å²) in [5.41, 5.74) is 1.89. The molecule has 0 bridgehead atoms. The van der Waals surface area contributed by atoms with Gasteiger partial charge in [0.1, 0.15) is 11.6 Å². The molecular weight excluding hydrogens is 253 g/mol. The fourth-order valence-corrected chi connectivity index (χ4v) is 3.36. The maximum atomic E-state index is 13.6. The van der Waals surface area contributed by atoms with Crippen molar-refractivity contribution >= 4 is 11.0 Å². The first-order valence-electron chi connectivity index (χ1n) is 7.46. The molecule has 1 aliphatic heterocycles. The van der Waals surface area contributed by atoms with Crippen LogP contribution in [0.1, 0.15) is 45.5 Å². The summed E-state index contributed by atoms with van der Waals surface area (Å²) in [5.74, 6) is 0.918. The van der Waals surface area contributed by atoms with Crippen LogP contribution in [0.25, 0.3) is 11.0 Å². The van der Waals surface area contributed by atoms with E-state index in [0.717, 1.165) is 42.8 Å². The van der Waals surface area contributed by atoms with E-state index in [1.54, 1.807) is 12.1 Å². The van der Waals surface area contributed by atoms with Gasteiger partial charge in [-0.15, -0.1) is 0 Å². The molecule has 1 unspecified atom stereocenters. The third-order valence-corrected chi connectivity index (χ3v) is 4.56. The number of halogens is 1. The second-order valence-corrected chi connectivity index (χ2v) is 6.09. The van der Waals surface area contributed by atoms with Crippen LogP contribution < -0.4 is 5.32 Å². The first-order chi connectivity index (χ1) is 9.57. The summed E-state index contributed by atoms with van der Waals surface area (Å²) in [6.45, 7) is 8.49. The Morgan fingerprint density at radius 3 is 2.85 bits per heavy atom. The Balaban J connectivity index is 2.26. The van der Waals surface area contributed by atoms with E-state index in [1.165, 1.54) is 6.07 Å². The van der Waals surface area contributed by atoms with Crippen LogP contribution in [0.5, 0.6) is 0 Å². The summed E-state index contributed by atoms with van der Waals surface area (Å²) in [7, 11) is 0. The minimum Gasteiger partial charge on any atom is -0.325 e. The van der Waals surface area contributed by atoms with Gasteiger partial charge in [-0.1, -0.05) is 6.92 Å². The number of rotatable bonds is 3. The van der Waals surface area contributed by atoms with Gasteiger partial charge in [0.2, 0.25) is 0 Å². The van der Waals surface area contributed by atoms with Crippen LogP contribution >= 0.6 is 0 Å². The topological polar surface area (TPSA) is 29.9 Å². The average molecular weight is 275 g/mol. The lowest BCUT2D eigenvalue weighted by Crippen LogP contribution is -2.32. The molecule has 4 heteroatoms. The lowest BCUT2D eigenvalue weighted by molar-refractivity contribution is 0.394. The molecule has 20 heavy (non-hydrogen) atoms. The fraction of sp³-hybridized carbons (Fsp3) is 0.562. The van der Waals surface area contributed by atoms with Gasteiger partial charge in [0.25, 0.3) is 0 Å². The first kappa shape index (κ1) is 13.6. The molecule has 3 nitrogen and oxygen atoms in total. The monoisotopic (exact) mass is 275 g/mol. The summed E-state index contributed by atoms with van der Waals surface area (Å²) in [5, 5.41) is 3.46. The van der Waals surface area contributed by atoms with Gasteiger partial charge in [-0.05, 0) is 51.4 Å². The molecule has 1 aromatic carbocycles. The van der Waals surface area contributed by atoms with Crippen LogP contribution in [0.2, 0.25) is 0 Å². The molecule has 0 radical (unpaired) electrons. The Bertz CT molecular complexity index is 624. The molecule has 1 aliphatic rings. The number of nitrogens with one attached hydrogen (secondary N) is 1. The summed E-state index contributed by atoms with van der Waals surface area (Å²) in [6, 6.07) is 5.17. The molecule has 1 fully saturated rings. The van der Waals surface area contributed by atoms with Crippen LogP contribution in [0.3, 0.4) is 0 Å². The van der Waals surface area contributed by atoms with Crippen molar-refractivity contribution in [2.75, 3.05) is 13.1 Å². The zero-order valence-corrected chi connectivity index (χ0v) is 12.4. The average Bonchev–Trinajstić information content (AvgIpc) is 3.02. The Hall–Kier alpha value is -1.42. The highest BCUT2D eigenvalue weighted by Crippen LogP contribution is 2.37. The molecule has 0 spiro atoms. The predicted molar refractivity (Wildman–Crippen MR) is 79.5 cm³/mol. The molecule has 1 atom stereocenters. The molecule has 2 aromatic rings. The van der Waals surface area contributed by atoms with Crippen molar-refractivity contribution in [3.63, 3.8) is 0 Å². The lowest BCUT2D eigenvalue weighted by Gasteiger charge is -2.28. The van der Waals surface area contributed by atoms with E-state index in [1.807, 2.05) is 0 Å². The zero-order valence-electron chi connectivity index (χ0n) is 12.4. The van der Waals surface area contributed by atoms with E-state index in [9.17, 15) is 4.39 Å². The number of fused-ring (bicyclic) bond motifs is 1. The van der Waals surface area contributed by atoms with Crippen molar-refractivity contribution < 1.29 is 4.39 Å². The number of aromatic nitrogens is 2. The maximum absolute atomic E-state index is 13.6. The van der Waals surface area contributed by atoms with Crippen LogP contribution in [-0.4, -0.2) is 22.6 Å². The number of imidazole rings is 1. The molecule has 0 saturated carbocycles. The van der Waals surface area contributed by atoms with Crippen molar-refractivity contribution in [3.8, 4) is 0 Å². The number of hydrogen-bond acceptors (Lipinski definition) is 2. The van der Waals surface area contributed by atoms with Crippen molar-refractivity contribution in [2.45, 2.75) is 45.1 Å². The van der Waals surface area contributed by atoms with E-state index in [0.29, 0.717) is 0 Å². The van der Waals surface area contributed by atoms with Crippen LogP contribution in [0, 0.1) is 5.82 Å². The van der Waals surface area contributed by atoms with E-state index in [2.05, 4.69) is 30.7 Å². The number of hydrogen-bond donors (Lipinski definition) is 1. The van der Waals surface area contributed by atoms with Crippen LogP contribution in [-0.2, 0) is 5.41 Å². The summed E-state index contributed by atoms with van der Waals surface area (Å²) >= 11 is 0. The van der Waals surface area contributed by atoms with E-state index >= 15 is 0 Å². The van der Waals surface area contributed by atoms with E-state index in [4.69, 9.17) is 4.98 Å². The predicted octanol–water partition coefficient (Wildman–Crippen LogP) is 3.40. The van der Waals surface area contributed by atoms with Crippen LogP contribution in [0.15, 0.2) is 18.2 Å². The first-order valence-corrected chi connectivity index (χ1v) is 7.46. The number of benzene rings is 1. The van der Waals surface area contributed by atoms with Gasteiger partial charge in [-0.25, -0.2) is 9.37 Å². The maximum Gasteiger partial charge on any atom is 0.125 e. The molecule has 1 saturated heterocycles. The molecular formula is C16H22FN3. The summed E-state index contributed by atoms with van der Waals surface area (Å²) < 4.78 is 15.8. The molecule has 108 valence electrons. The molecule has 1 N–H and O–H groups in total. The Labute approximate surface area is 119 Å². The molecule has 0 amide bonds. The second-order valence-electron chi connectivity index (χ2n) is 6.09. The van der Waals surface area contributed by atoms with Crippen molar-refractivity contribution in [2.24, 2.45) is 0 Å². The third kappa shape index (κ3) is 1.94. The van der Waals surface area contributed by atoms with E-state index < -0.39 is 0 Å². The Kier molecular flexibility index (Phi) is 3.28. The Morgan fingerprint density at radius 2 is 2.25 bits per heavy atom. The lowest BCUT2D eigenvalue weighted by atomic mass is 9.83. The largest absolute Gasteiger partial charge is 0.325 e. The molecule has 1 aromatic heterocycles. The van der Waals surface area contributed by atoms with Gasteiger partial charge in [0.15, 0.2) is 0 Å². The second kappa shape index (κ2) is 4.85. The van der Waals surface area contributed by atoms with Gasteiger partial charge < -0.3 is 9.88 Å².